The molecule has 1 aliphatic rings. The number of hydrogen-bond donors (Lipinski definition) is 1. The lowest BCUT2D eigenvalue weighted by atomic mass is 10.1. The Kier molecular flexibility index (Phi) is 3.28. The van der Waals surface area contributed by atoms with Crippen molar-refractivity contribution >= 4 is 11.5 Å². The fraction of sp³-hybridized carbons (Fsp3) is 0.750. The second kappa shape index (κ2) is 4.56. The van der Waals surface area contributed by atoms with Gasteiger partial charge in [0.05, 0.1) is 23.5 Å². The van der Waals surface area contributed by atoms with E-state index in [-0.39, 0.29) is 6.10 Å². The number of nitrogens with two attached hydrogens (primary N) is 1. The zero-order chi connectivity index (χ0) is 12.6. The summed E-state index contributed by atoms with van der Waals surface area (Å²) in [7, 11) is 4.02. The van der Waals surface area contributed by atoms with Crippen molar-refractivity contribution in [1.29, 1.82) is 0 Å². The Morgan fingerprint density at radius 2 is 2.29 bits per heavy atom. The number of rotatable bonds is 3. The number of anilines is 2. The molecule has 2 atom stereocenters. The highest BCUT2D eigenvalue weighted by atomic mass is 16.5. The monoisotopic (exact) mass is 238 g/mol. The van der Waals surface area contributed by atoms with Gasteiger partial charge in [0.15, 0.2) is 0 Å². The summed E-state index contributed by atoms with van der Waals surface area (Å²) in [5.41, 5.74) is 7.94. The Morgan fingerprint density at radius 3 is 2.76 bits per heavy atom. The van der Waals surface area contributed by atoms with Crippen molar-refractivity contribution < 1.29 is 4.74 Å². The molecule has 0 aromatic carbocycles. The van der Waals surface area contributed by atoms with Crippen LogP contribution in [0.5, 0.6) is 0 Å². The number of ether oxygens (including phenoxy) is 1. The van der Waals surface area contributed by atoms with Crippen molar-refractivity contribution in [2.45, 2.75) is 38.8 Å². The van der Waals surface area contributed by atoms with Gasteiger partial charge in [-0.25, -0.2) is 0 Å². The molecule has 0 radical (unpaired) electrons. The minimum Gasteiger partial charge on any atom is -0.394 e. The van der Waals surface area contributed by atoms with Crippen LogP contribution in [-0.4, -0.2) is 35.6 Å². The summed E-state index contributed by atoms with van der Waals surface area (Å²) in [4.78, 5) is 2.21. The lowest BCUT2D eigenvalue weighted by Crippen LogP contribution is -2.38. The molecular weight excluding hydrogens is 216 g/mol. The predicted octanol–water partition coefficient (Wildman–Crippen LogP) is 1.18. The van der Waals surface area contributed by atoms with Crippen LogP contribution < -0.4 is 10.6 Å². The molecule has 0 spiro atoms. The van der Waals surface area contributed by atoms with Crippen LogP contribution in [0, 0.1) is 0 Å². The normalized spacial score (nSPS) is 24.2. The van der Waals surface area contributed by atoms with Crippen LogP contribution in [0.2, 0.25) is 0 Å². The molecule has 1 saturated heterocycles. The Balaban J connectivity index is 2.30. The summed E-state index contributed by atoms with van der Waals surface area (Å²) in [6.45, 7) is 5.01. The molecular formula is C12H22N4O. The largest absolute Gasteiger partial charge is 0.394 e. The number of aromatic nitrogens is 2. The smallest absolute Gasteiger partial charge is 0.150 e. The number of hydrogen-bond acceptors (Lipinski definition) is 4. The van der Waals surface area contributed by atoms with E-state index >= 15 is 0 Å². The van der Waals surface area contributed by atoms with Crippen molar-refractivity contribution in [1.82, 2.24) is 9.78 Å². The molecule has 0 saturated carbocycles. The summed E-state index contributed by atoms with van der Waals surface area (Å²) in [6.07, 6.45) is 2.16. The first-order chi connectivity index (χ1) is 8.06. The molecule has 0 aliphatic carbocycles. The zero-order valence-electron chi connectivity index (χ0n) is 11.1. The molecule has 0 bridgehead atoms. The van der Waals surface area contributed by atoms with E-state index < -0.39 is 0 Å². The zero-order valence-corrected chi connectivity index (χ0v) is 11.1. The average molecular weight is 238 g/mol. The number of nitrogen functional groups attached to an aromatic ring is 1. The van der Waals surface area contributed by atoms with Gasteiger partial charge in [-0.2, -0.15) is 5.10 Å². The molecule has 2 unspecified atom stereocenters. The quantitative estimate of drug-likeness (QED) is 0.859. The fourth-order valence-corrected chi connectivity index (χ4v) is 2.65. The van der Waals surface area contributed by atoms with Crippen LogP contribution in [0.4, 0.5) is 11.5 Å². The van der Waals surface area contributed by atoms with E-state index in [2.05, 4.69) is 30.9 Å². The maximum Gasteiger partial charge on any atom is 0.150 e. The Labute approximate surface area is 103 Å². The SMILES string of the molecule is CCc1nn(C)c(N(C)C2CCOC2C)c1N. The Bertz CT molecular complexity index is 401. The first-order valence-corrected chi connectivity index (χ1v) is 6.22. The summed E-state index contributed by atoms with van der Waals surface area (Å²) in [6, 6.07) is 0.386. The first kappa shape index (κ1) is 12.2. The van der Waals surface area contributed by atoms with Gasteiger partial charge in [-0.05, 0) is 19.8 Å². The van der Waals surface area contributed by atoms with Crippen molar-refractivity contribution in [2.75, 3.05) is 24.3 Å². The molecule has 1 aromatic rings. The van der Waals surface area contributed by atoms with E-state index in [0.29, 0.717) is 6.04 Å². The third kappa shape index (κ3) is 1.99. The van der Waals surface area contributed by atoms with Crippen molar-refractivity contribution in [3.05, 3.63) is 5.69 Å². The van der Waals surface area contributed by atoms with E-state index in [0.717, 1.165) is 36.6 Å². The van der Waals surface area contributed by atoms with Crippen LogP contribution in [0.25, 0.3) is 0 Å². The predicted molar refractivity (Wildman–Crippen MR) is 69.2 cm³/mol. The number of nitrogens with zero attached hydrogens (tertiary/aromatic N) is 3. The Morgan fingerprint density at radius 1 is 1.59 bits per heavy atom. The molecule has 5 nitrogen and oxygen atoms in total. The lowest BCUT2D eigenvalue weighted by Gasteiger charge is -2.28. The maximum atomic E-state index is 6.16. The second-order valence-corrected chi connectivity index (χ2v) is 4.70. The third-order valence-electron chi connectivity index (χ3n) is 3.63. The average Bonchev–Trinajstić information content (AvgIpc) is 2.82. The maximum absolute atomic E-state index is 6.16. The Hall–Kier alpha value is -1.23. The highest BCUT2D eigenvalue weighted by Gasteiger charge is 2.30. The van der Waals surface area contributed by atoms with E-state index in [1.54, 1.807) is 0 Å². The highest BCUT2D eigenvalue weighted by molar-refractivity contribution is 5.66. The topological polar surface area (TPSA) is 56.3 Å². The number of aryl methyl sites for hydroxylation is 2. The van der Waals surface area contributed by atoms with E-state index in [1.165, 1.54) is 0 Å². The molecule has 96 valence electrons. The standard InChI is InChI=1S/C12H22N4O/c1-5-9-11(13)12(16(4)14-9)15(3)10-6-7-17-8(10)2/h8,10H,5-7,13H2,1-4H3. The van der Waals surface area contributed by atoms with E-state index in [9.17, 15) is 0 Å². The highest BCUT2D eigenvalue weighted by Crippen LogP contribution is 2.30. The van der Waals surface area contributed by atoms with Gasteiger partial charge in [-0.1, -0.05) is 6.92 Å². The molecule has 1 aromatic heterocycles. The lowest BCUT2D eigenvalue weighted by molar-refractivity contribution is 0.118. The van der Waals surface area contributed by atoms with Gasteiger partial charge >= 0.3 is 0 Å². The first-order valence-electron chi connectivity index (χ1n) is 6.22. The molecule has 2 N–H and O–H groups in total. The van der Waals surface area contributed by atoms with Crippen LogP contribution in [-0.2, 0) is 18.2 Å². The van der Waals surface area contributed by atoms with Crippen molar-refractivity contribution in [3.8, 4) is 0 Å². The minimum absolute atomic E-state index is 0.249. The van der Waals surface area contributed by atoms with Crippen LogP contribution in [0.1, 0.15) is 26.0 Å². The van der Waals surface area contributed by atoms with Gasteiger partial charge in [0.1, 0.15) is 5.82 Å². The van der Waals surface area contributed by atoms with Gasteiger partial charge in [0.25, 0.3) is 0 Å². The summed E-state index contributed by atoms with van der Waals surface area (Å²) < 4.78 is 7.48. The van der Waals surface area contributed by atoms with Gasteiger partial charge in [0.2, 0.25) is 0 Å². The molecule has 2 rings (SSSR count). The molecule has 17 heavy (non-hydrogen) atoms. The molecule has 0 amide bonds. The molecule has 1 aliphatic heterocycles. The van der Waals surface area contributed by atoms with Gasteiger partial charge in [-0.15, -0.1) is 0 Å². The molecule has 5 heteroatoms. The summed E-state index contributed by atoms with van der Waals surface area (Å²) >= 11 is 0. The minimum atomic E-state index is 0.249. The van der Waals surface area contributed by atoms with Crippen LogP contribution in [0.3, 0.4) is 0 Å². The van der Waals surface area contributed by atoms with Gasteiger partial charge in [-0.3, -0.25) is 4.68 Å². The van der Waals surface area contributed by atoms with Crippen molar-refractivity contribution in [3.63, 3.8) is 0 Å². The summed E-state index contributed by atoms with van der Waals surface area (Å²) in [5, 5.41) is 4.46. The number of likely N-dealkylation sites (N-methyl/N-ethyl adjacent to an activating group) is 1. The van der Waals surface area contributed by atoms with Crippen LogP contribution >= 0.6 is 0 Å². The van der Waals surface area contributed by atoms with Gasteiger partial charge < -0.3 is 15.4 Å². The summed E-state index contributed by atoms with van der Waals surface area (Å²) in [5.74, 6) is 1.00. The second-order valence-electron chi connectivity index (χ2n) is 4.70. The molecule has 2 heterocycles. The molecule has 1 fully saturated rings. The van der Waals surface area contributed by atoms with E-state index in [4.69, 9.17) is 10.5 Å². The van der Waals surface area contributed by atoms with Gasteiger partial charge in [0, 0.05) is 20.7 Å². The fourth-order valence-electron chi connectivity index (χ4n) is 2.65. The third-order valence-corrected chi connectivity index (χ3v) is 3.63. The van der Waals surface area contributed by atoms with Crippen molar-refractivity contribution in [2.24, 2.45) is 7.05 Å². The van der Waals surface area contributed by atoms with Crippen LogP contribution in [0.15, 0.2) is 0 Å². The van der Waals surface area contributed by atoms with E-state index in [1.807, 2.05) is 11.7 Å².